The molecular weight excluding hydrogens is 218 g/mol. The molecule has 4 nitrogen and oxygen atoms in total. The fourth-order valence-electron chi connectivity index (χ4n) is 1.98. The van der Waals surface area contributed by atoms with Crippen LogP contribution in [0, 0.1) is 0 Å². The van der Waals surface area contributed by atoms with Crippen molar-refractivity contribution in [2.75, 3.05) is 5.73 Å². The second kappa shape index (κ2) is 3.95. The third kappa shape index (κ3) is 2.52. The molecule has 2 rings (SSSR count). The van der Waals surface area contributed by atoms with Gasteiger partial charge in [-0.3, -0.25) is 4.79 Å². The molecule has 0 aliphatic carbocycles. The maximum atomic E-state index is 10.9. The van der Waals surface area contributed by atoms with Gasteiger partial charge in [0.25, 0.3) is 0 Å². The Morgan fingerprint density at radius 3 is 2.82 bits per heavy atom. The van der Waals surface area contributed by atoms with Gasteiger partial charge >= 0.3 is 5.97 Å². The van der Waals surface area contributed by atoms with Gasteiger partial charge in [0.15, 0.2) is 0 Å². The van der Waals surface area contributed by atoms with Crippen LogP contribution < -0.4 is 15.2 Å². The molecule has 17 heavy (non-hydrogen) atoms. The second-order valence-electron chi connectivity index (χ2n) is 4.96. The summed E-state index contributed by atoms with van der Waals surface area (Å²) in [6.07, 6.45) is 1.80. The molecule has 0 fully saturated rings. The topological polar surface area (TPSA) is 61.5 Å². The Kier molecular flexibility index (Phi) is 2.73. The monoisotopic (exact) mass is 235 g/mol. The van der Waals surface area contributed by atoms with Crippen LogP contribution >= 0.6 is 0 Å². The average molecular weight is 235 g/mol. The van der Waals surface area contributed by atoms with Gasteiger partial charge in [0.05, 0.1) is 5.69 Å². The number of carbonyl (C=O) groups is 1. The van der Waals surface area contributed by atoms with Crippen molar-refractivity contribution in [2.45, 2.75) is 39.2 Å². The Balaban J connectivity index is 2.36. The fourth-order valence-corrected chi connectivity index (χ4v) is 1.98. The number of ether oxygens (including phenoxy) is 2. The summed E-state index contributed by atoms with van der Waals surface area (Å²) in [5, 5.41) is 0. The molecule has 1 aromatic rings. The maximum absolute atomic E-state index is 10.9. The van der Waals surface area contributed by atoms with Crippen LogP contribution in [0.5, 0.6) is 11.5 Å². The van der Waals surface area contributed by atoms with Crippen LogP contribution in [0.1, 0.15) is 32.8 Å². The lowest BCUT2D eigenvalue weighted by Crippen LogP contribution is -2.33. The molecule has 0 spiro atoms. The number of carbonyl (C=O) groups excluding carboxylic acids is 1. The van der Waals surface area contributed by atoms with E-state index in [2.05, 4.69) is 0 Å². The van der Waals surface area contributed by atoms with Gasteiger partial charge in [-0.1, -0.05) is 0 Å². The Morgan fingerprint density at radius 2 is 2.18 bits per heavy atom. The zero-order valence-electron chi connectivity index (χ0n) is 10.4. The first kappa shape index (κ1) is 11.8. The van der Waals surface area contributed by atoms with Crippen LogP contribution in [0.15, 0.2) is 12.1 Å². The fraction of sp³-hybridized carbons (Fsp3) is 0.462. The molecular formula is C13H17NO3. The number of nitrogen functional groups attached to an aromatic ring is 1. The summed E-state index contributed by atoms with van der Waals surface area (Å²) < 4.78 is 10.9. The number of benzene rings is 1. The van der Waals surface area contributed by atoms with Crippen LogP contribution in [0.25, 0.3) is 0 Å². The molecule has 0 unspecified atom stereocenters. The van der Waals surface area contributed by atoms with Gasteiger partial charge in [0, 0.05) is 18.6 Å². The highest BCUT2D eigenvalue weighted by Crippen LogP contribution is 2.39. The Hall–Kier alpha value is -1.71. The molecule has 92 valence electrons. The molecule has 1 aliphatic heterocycles. The Labute approximate surface area is 101 Å². The standard InChI is InChI=1S/C13H17NO3/c1-8(15)16-10-6-9-4-5-13(2,3)17-12(9)11(14)7-10/h6-7H,4-5,14H2,1-3H3. The lowest BCUT2D eigenvalue weighted by Gasteiger charge is -2.33. The number of hydrogen-bond donors (Lipinski definition) is 1. The summed E-state index contributed by atoms with van der Waals surface area (Å²) >= 11 is 0. The van der Waals surface area contributed by atoms with Crippen molar-refractivity contribution in [1.29, 1.82) is 0 Å². The number of aryl methyl sites for hydroxylation is 1. The van der Waals surface area contributed by atoms with Crippen molar-refractivity contribution in [1.82, 2.24) is 0 Å². The molecule has 0 saturated carbocycles. The summed E-state index contributed by atoms with van der Waals surface area (Å²) in [5.41, 5.74) is 7.25. The van der Waals surface area contributed by atoms with E-state index in [9.17, 15) is 4.79 Å². The highest BCUT2D eigenvalue weighted by Gasteiger charge is 2.28. The number of esters is 1. The number of rotatable bonds is 1. The van der Waals surface area contributed by atoms with Crippen LogP contribution in [0.3, 0.4) is 0 Å². The zero-order valence-corrected chi connectivity index (χ0v) is 10.4. The normalized spacial score (nSPS) is 16.9. The van der Waals surface area contributed by atoms with E-state index < -0.39 is 0 Å². The number of hydrogen-bond acceptors (Lipinski definition) is 4. The van der Waals surface area contributed by atoms with Crippen LogP contribution in [0.4, 0.5) is 5.69 Å². The smallest absolute Gasteiger partial charge is 0.308 e. The minimum Gasteiger partial charge on any atom is -0.485 e. The molecule has 0 amide bonds. The molecule has 0 saturated heterocycles. The van der Waals surface area contributed by atoms with E-state index in [1.54, 1.807) is 6.07 Å². The third-order valence-corrected chi connectivity index (χ3v) is 2.80. The summed E-state index contributed by atoms with van der Waals surface area (Å²) in [6, 6.07) is 3.45. The highest BCUT2D eigenvalue weighted by atomic mass is 16.5. The van der Waals surface area contributed by atoms with Crippen molar-refractivity contribution in [3.63, 3.8) is 0 Å². The molecule has 0 bridgehead atoms. The minimum absolute atomic E-state index is 0.190. The van der Waals surface area contributed by atoms with Gasteiger partial charge in [-0.05, 0) is 32.8 Å². The quantitative estimate of drug-likeness (QED) is 0.461. The third-order valence-electron chi connectivity index (χ3n) is 2.80. The second-order valence-corrected chi connectivity index (χ2v) is 4.96. The van der Waals surface area contributed by atoms with Crippen LogP contribution in [0.2, 0.25) is 0 Å². The summed E-state index contributed by atoms with van der Waals surface area (Å²) in [6.45, 7) is 5.44. The molecule has 0 aromatic heterocycles. The molecule has 0 radical (unpaired) electrons. The summed E-state index contributed by atoms with van der Waals surface area (Å²) in [4.78, 5) is 10.9. The summed E-state index contributed by atoms with van der Waals surface area (Å²) in [7, 11) is 0. The lowest BCUT2D eigenvalue weighted by molar-refractivity contribution is -0.131. The maximum Gasteiger partial charge on any atom is 0.308 e. The molecule has 0 atom stereocenters. The predicted molar refractivity (Wildman–Crippen MR) is 65.2 cm³/mol. The predicted octanol–water partition coefficient (Wildman–Crippen LogP) is 2.30. The van der Waals surface area contributed by atoms with Crippen LogP contribution in [-0.4, -0.2) is 11.6 Å². The van der Waals surface area contributed by atoms with Crippen molar-refractivity contribution in [3.05, 3.63) is 17.7 Å². The van der Waals surface area contributed by atoms with Crippen molar-refractivity contribution in [3.8, 4) is 11.5 Å². The van der Waals surface area contributed by atoms with Gasteiger partial charge in [0.2, 0.25) is 0 Å². The van der Waals surface area contributed by atoms with E-state index >= 15 is 0 Å². The first-order valence-corrected chi connectivity index (χ1v) is 5.67. The molecule has 4 heteroatoms. The number of nitrogens with two attached hydrogens (primary N) is 1. The van der Waals surface area contributed by atoms with Crippen molar-refractivity contribution in [2.24, 2.45) is 0 Å². The number of fused-ring (bicyclic) bond motifs is 1. The van der Waals surface area contributed by atoms with E-state index in [1.165, 1.54) is 6.92 Å². The largest absolute Gasteiger partial charge is 0.485 e. The molecule has 1 aromatic carbocycles. The van der Waals surface area contributed by atoms with Crippen molar-refractivity contribution < 1.29 is 14.3 Å². The van der Waals surface area contributed by atoms with Gasteiger partial charge in [-0.25, -0.2) is 0 Å². The number of anilines is 1. The average Bonchev–Trinajstić information content (AvgIpc) is 2.18. The van der Waals surface area contributed by atoms with E-state index in [0.29, 0.717) is 11.4 Å². The molecule has 1 aliphatic rings. The SMILES string of the molecule is CC(=O)Oc1cc(N)c2c(c1)CCC(C)(C)O2. The summed E-state index contributed by atoms with van der Waals surface area (Å²) in [5.74, 6) is 0.857. The van der Waals surface area contributed by atoms with E-state index in [0.717, 1.165) is 24.2 Å². The zero-order chi connectivity index (χ0) is 12.6. The van der Waals surface area contributed by atoms with Crippen LogP contribution in [-0.2, 0) is 11.2 Å². The van der Waals surface area contributed by atoms with Gasteiger partial charge in [-0.15, -0.1) is 0 Å². The minimum atomic E-state index is -0.346. The Morgan fingerprint density at radius 1 is 1.47 bits per heavy atom. The van der Waals surface area contributed by atoms with Gasteiger partial charge in [0.1, 0.15) is 17.1 Å². The van der Waals surface area contributed by atoms with E-state index in [4.69, 9.17) is 15.2 Å². The molecule has 1 heterocycles. The van der Waals surface area contributed by atoms with Crippen molar-refractivity contribution >= 4 is 11.7 Å². The van der Waals surface area contributed by atoms with Gasteiger partial charge in [-0.2, -0.15) is 0 Å². The lowest BCUT2D eigenvalue weighted by atomic mass is 9.94. The highest BCUT2D eigenvalue weighted by molar-refractivity contribution is 5.71. The van der Waals surface area contributed by atoms with E-state index in [1.807, 2.05) is 19.9 Å². The van der Waals surface area contributed by atoms with Gasteiger partial charge < -0.3 is 15.2 Å². The van der Waals surface area contributed by atoms with E-state index in [-0.39, 0.29) is 11.6 Å². The Bertz CT molecular complexity index is 466. The molecule has 2 N–H and O–H groups in total. The first-order valence-electron chi connectivity index (χ1n) is 5.67. The first-order chi connectivity index (χ1) is 7.87.